The second-order valence-electron chi connectivity index (χ2n) is 6.78. The highest BCUT2D eigenvalue weighted by Crippen LogP contribution is 2.34. The van der Waals surface area contributed by atoms with E-state index in [2.05, 4.69) is 11.1 Å². The van der Waals surface area contributed by atoms with E-state index in [1.165, 1.54) is 0 Å². The predicted octanol–water partition coefficient (Wildman–Crippen LogP) is 5.42. The molecule has 0 N–H and O–H groups in total. The largest absolute Gasteiger partial charge is 0.497 e. The van der Waals surface area contributed by atoms with Crippen molar-refractivity contribution in [3.63, 3.8) is 0 Å². The molecule has 0 saturated carbocycles. The lowest BCUT2D eigenvalue weighted by atomic mass is 10.0. The fraction of sp³-hybridized carbons (Fsp3) is 0.160. The van der Waals surface area contributed by atoms with Gasteiger partial charge in [-0.3, -0.25) is 4.98 Å². The summed E-state index contributed by atoms with van der Waals surface area (Å²) in [6, 6.07) is 24.2. The summed E-state index contributed by atoms with van der Waals surface area (Å²) in [6.07, 6.45) is 2.55. The molecule has 0 bridgehead atoms. The van der Waals surface area contributed by atoms with E-state index >= 15 is 0 Å². The van der Waals surface area contributed by atoms with Crippen LogP contribution in [-0.2, 0) is 13.0 Å². The standard InChI is InChI=1S/C25H23NO3/c1-27-21-10-6-9-19(13-21)14-23-22-16-24(28-2)25(15-20(22)11-12-26-23)29-17-18-7-4-3-5-8-18/h3-13,15-16H,14,17H2,1-2H3. The second-order valence-corrected chi connectivity index (χ2v) is 6.78. The van der Waals surface area contributed by atoms with Crippen LogP contribution in [0.5, 0.6) is 17.2 Å². The van der Waals surface area contributed by atoms with E-state index < -0.39 is 0 Å². The molecule has 0 amide bonds. The van der Waals surface area contributed by atoms with Crippen LogP contribution in [0.1, 0.15) is 16.8 Å². The fourth-order valence-electron chi connectivity index (χ4n) is 3.36. The van der Waals surface area contributed by atoms with E-state index in [0.29, 0.717) is 18.8 Å². The molecule has 4 heteroatoms. The van der Waals surface area contributed by atoms with Gasteiger partial charge in [-0.1, -0.05) is 42.5 Å². The number of ether oxygens (including phenoxy) is 3. The van der Waals surface area contributed by atoms with Crippen molar-refractivity contribution in [3.8, 4) is 17.2 Å². The van der Waals surface area contributed by atoms with Crippen LogP contribution in [0.4, 0.5) is 0 Å². The molecule has 0 saturated heterocycles. The second kappa shape index (κ2) is 8.65. The molecule has 1 heterocycles. The highest BCUT2D eigenvalue weighted by molar-refractivity contribution is 5.88. The lowest BCUT2D eigenvalue weighted by Crippen LogP contribution is -1.99. The highest BCUT2D eigenvalue weighted by Gasteiger charge is 2.11. The summed E-state index contributed by atoms with van der Waals surface area (Å²) in [7, 11) is 3.34. The van der Waals surface area contributed by atoms with Crippen molar-refractivity contribution in [3.05, 3.63) is 95.8 Å². The number of aromatic nitrogens is 1. The topological polar surface area (TPSA) is 40.6 Å². The molecular formula is C25H23NO3. The zero-order valence-electron chi connectivity index (χ0n) is 16.6. The number of nitrogens with zero attached hydrogens (tertiary/aromatic N) is 1. The minimum atomic E-state index is 0.491. The smallest absolute Gasteiger partial charge is 0.162 e. The van der Waals surface area contributed by atoms with Crippen molar-refractivity contribution in [2.24, 2.45) is 0 Å². The van der Waals surface area contributed by atoms with Gasteiger partial charge < -0.3 is 14.2 Å². The van der Waals surface area contributed by atoms with Gasteiger partial charge in [0.05, 0.1) is 19.9 Å². The molecule has 0 radical (unpaired) electrons. The van der Waals surface area contributed by atoms with Crippen LogP contribution < -0.4 is 14.2 Å². The lowest BCUT2D eigenvalue weighted by molar-refractivity contribution is 0.285. The van der Waals surface area contributed by atoms with Gasteiger partial charge in [-0.2, -0.15) is 0 Å². The van der Waals surface area contributed by atoms with Gasteiger partial charge in [-0.25, -0.2) is 0 Å². The first-order valence-corrected chi connectivity index (χ1v) is 9.52. The Kier molecular flexibility index (Phi) is 5.61. The lowest BCUT2D eigenvalue weighted by Gasteiger charge is -2.14. The first kappa shape index (κ1) is 18.8. The fourth-order valence-corrected chi connectivity index (χ4v) is 3.36. The van der Waals surface area contributed by atoms with Crippen molar-refractivity contribution >= 4 is 10.8 Å². The first-order chi connectivity index (χ1) is 14.3. The molecule has 0 aliphatic carbocycles. The summed E-state index contributed by atoms with van der Waals surface area (Å²) in [5.41, 5.74) is 3.25. The molecule has 0 aliphatic heterocycles. The van der Waals surface area contributed by atoms with E-state index in [1.54, 1.807) is 14.2 Å². The Balaban J connectivity index is 1.65. The molecule has 0 atom stereocenters. The predicted molar refractivity (Wildman–Crippen MR) is 115 cm³/mol. The van der Waals surface area contributed by atoms with Gasteiger partial charge in [0.15, 0.2) is 11.5 Å². The first-order valence-electron chi connectivity index (χ1n) is 9.52. The Morgan fingerprint density at radius 3 is 2.38 bits per heavy atom. The quantitative estimate of drug-likeness (QED) is 0.426. The van der Waals surface area contributed by atoms with Crippen molar-refractivity contribution in [1.29, 1.82) is 0 Å². The van der Waals surface area contributed by atoms with Crippen LogP contribution in [0, 0.1) is 0 Å². The molecule has 1 aromatic heterocycles. The summed E-state index contributed by atoms with van der Waals surface area (Å²) in [4.78, 5) is 4.62. The van der Waals surface area contributed by atoms with Gasteiger partial charge in [0.1, 0.15) is 12.4 Å². The molecule has 29 heavy (non-hydrogen) atoms. The number of fused-ring (bicyclic) bond motifs is 1. The highest BCUT2D eigenvalue weighted by atomic mass is 16.5. The molecule has 0 fully saturated rings. The van der Waals surface area contributed by atoms with E-state index in [4.69, 9.17) is 14.2 Å². The maximum Gasteiger partial charge on any atom is 0.162 e. The summed E-state index contributed by atoms with van der Waals surface area (Å²) < 4.78 is 17.0. The normalized spacial score (nSPS) is 10.7. The molecule has 3 aromatic carbocycles. The van der Waals surface area contributed by atoms with Crippen LogP contribution in [0.25, 0.3) is 10.8 Å². The minimum Gasteiger partial charge on any atom is -0.497 e. The number of pyridine rings is 1. The number of hydrogen-bond acceptors (Lipinski definition) is 4. The SMILES string of the molecule is COc1cccc(Cc2nccc3cc(OCc4ccccc4)c(OC)cc23)c1. The van der Waals surface area contributed by atoms with Crippen LogP contribution in [0.3, 0.4) is 0 Å². The van der Waals surface area contributed by atoms with E-state index in [9.17, 15) is 0 Å². The average Bonchev–Trinajstić information content (AvgIpc) is 2.78. The third-order valence-corrected chi connectivity index (χ3v) is 4.87. The maximum absolute atomic E-state index is 6.05. The van der Waals surface area contributed by atoms with Crippen molar-refractivity contribution < 1.29 is 14.2 Å². The van der Waals surface area contributed by atoms with E-state index in [0.717, 1.165) is 39.1 Å². The Bertz CT molecular complexity index is 1110. The molecular weight excluding hydrogens is 362 g/mol. The molecule has 4 aromatic rings. The number of benzene rings is 3. The van der Waals surface area contributed by atoms with Gasteiger partial charge in [0, 0.05) is 18.0 Å². The zero-order valence-corrected chi connectivity index (χ0v) is 16.6. The number of methoxy groups -OCH3 is 2. The van der Waals surface area contributed by atoms with E-state index in [1.807, 2.05) is 72.9 Å². The molecule has 0 unspecified atom stereocenters. The van der Waals surface area contributed by atoms with Crippen LogP contribution >= 0.6 is 0 Å². The van der Waals surface area contributed by atoms with E-state index in [-0.39, 0.29) is 0 Å². The minimum absolute atomic E-state index is 0.491. The Labute approximate surface area is 170 Å². The number of rotatable bonds is 7. The van der Waals surface area contributed by atoms with Gasteiger partial charge in [0.25, 0.3) is 0 Å². The Morgan fingerprint density at radius 1 is 0.759 bits per heavy atom. The van der Waals surface area contributed by atoms with Crippen LogP contribution in [-0.4, -0.2) is 19.2 Å². The van der Waals surface area contributed by atoms with Crippen molar-refractivity contribution in [1.82, 2.24) is 4.98 Å². The van der Waals surface area contributed by atoms with Crippen LogP contribution in [0.15, 0.2) is 79.0 Å². The third kappa shape index (κ3) is 4.32. The van der Waals surface area contributed by atoms with Gasteiger partial charge >= 0.3 is 0 Å². The van der Waals surface area contributed by atoms with Crippen molar-refractivity contribution in [2.45, 2.75) is 13.0 Å². The summed E-state index contributed by atoms with van der Waals surface area (Å²) in [5.74, 6) is 2.27. The Hall–Kier alpha value is -3.53. The molecule has 146 valence electrons. The van der Waals surface area contributed by atoms with Gasteiger partial charge in [-0.05, 0) is 46.8 Å². The molecule has 4 rings (SSSR count). The monoisotopic (exact) mass is 385 g/mol. The zero-order chi connectivity index (χ0) is 20.1. The summed E-state index contributed by atoms with van der Waals surface area (Å²) in [6.45, 7) is 0.491. The molecule has 4 nitrogen and oxygen atoms in total. The van der Waals surface area contributed by atoms with Crippen LogP contribution in [0.2, 0.25) is 0 Å². The molecule has 0 spiro atoms. The van der Waals surface area contributed by atoms with Gasteiger partial charge in [-0.15, -0.1) is 0 Å². The number of hydrogen-bond donors (Lipinski definition) is 0. The summed E-state index contributed by atoms with van der Waals surface area (Å²) >= 11 is 0. The van der Waals surface area contributed by atoms with Gasteiger partial charge in [0.2, 0.25) is 0 Å². The third-order valence-electron chi connectivity index (χ3n) is 4.87. The average molecular weight is 385 g/mol. The maximum atomic E-state index is 6.05. The molecule has 0 aliphatic rings. The Morgan fingerprint density at radius 2 is 1.59 bits per heavy atom. The summed E-state index contributed by atoms with van der Waals surface area (Å²) in [5, 5.41) is 2.13. The van der Waals surface area contributed by atoms with Crippen molar-refractivity contribution in [2.75, 3.05) is 14.2 Å².